The van der Waals surface area contributed by atoms with Gasteiger partial charge >= 0.3 is 0 Å². The lowest BCUT2D eigenvalue weighted by Gasteiger charge is -2.10. The summed E-state index contributed by atoms with van der Waals surface area (Å²) < 4.78 is 33.6. The summed E-state index contributed by atoms with van der Waals surface area (Å²) in [5, 5.41) is 12.2. The van der Waals surface area contributed by atoms with Gasteiger partial charge in [-0.3, -0.25) is 0 Å². The van der Waals surface area contributed by atoms with Crippen molar-refractivity contribution in [2.75, 3.05) is 24.6 Å². The minimum absolute atomic E-state index is 0.163. The Hall–Kier alpha value is -1.85. The average molecular weight is 312 g/mol. The second-order valence-corrected chi connectivity index (χ2v) is 6.71. The van der Waals surface area contributed by atoms with E-state index < -0.39 is 9.84 Å². The number of anilines is 1. The number of nitrogens with zero attached hydrogens (tertiary/aromatic N) is 1. The number of nitriles is 1. The maximum Gasteiger partial charge on any atom is 0.231 e. The molecule has 106 valence electrons. The van der Waals surface area contributed by atoms with Crippen LogP contribution >= 0.6 is 11.8 Å². The summed E-state index contributed by atoms with van der Waals surface area (Å²) in [7, 11) is -3.58. The summed E-state index contributed by atoms with van der Waals surface area (Å²) >= 11 is 1.15. The first-order valence-corrected chi connectivity index (χ1v) is 8.62. The summed E-state index contributed by atoms with van der Waals surface area (Å²) in [6.45, 7) is 0.163. The highest BCUT2D eigenvalue weighted by molar-refractivity contribution is 8.04. The third-order valence-corrected chi connectivity index (χ3v) is 4.39. The minimum Gasteiger partial charge on any atom is -0.454 e. The van der Waals surface area contributed by atoms with Crippen LogP contribution in [-0.2, 0) is 9.84 Å². The average Bonchev–Trinajstić information content (AvgIpc) is 2.84. The molecule has 0 atom stereocenters. The number of sulfone groups is 1. The van der Waals surface area contributed by atoms with Crippen molar-refractivity contribution in [1.29, 1.82) is 5.26 Å². The van der Waals surface area contributed by atoms with Crippen LogP contribution in [-0.4, -0.2) is 27.7 Å². The number of hydrogen-bond donors (Lipinski definition) is 1. The molecule has 1 aromatic carbocycles. The first-order chi connectivity index (χ1) is 9.45. The van der Waals surface area contributed by atoms with E-state index in [1.54, 1.807) is 30.5 Å². The van der Waals surface area contributed by atoms with E-state index >= 15 is 0 Å². The molecule has 1 aliphatic rings. The topological polar surface area (TPSA) is 88.4 Å². The van der Waals surface area contributed by atoms with Crippen molar-refractivity contribution in [2.24, 2.45) is 0 Å². The number of thioether (sulfide) groups is 1. The lowest BCUT2D eigenvalue weighted by molar-refractivity contribution is 0.174. The molecule has 2 rings (SSSR count). The maximum atomic E-state index is 11.6. The lowest BCUT2D eigenvalue weighted by atomic mass is 10.3. The number of rotatable bonds is 4. The quantitative estimate of drug-likeness (QED) is 0.850. The number of nitrogens with one attached hydrogen (secondary N) is 1. The first kappa shape index (κ1) is 14.6. The Balaban J connectivity index is 2.36. The van der Waals surface area contributed by atoms with Crippen molar-refractivity contribution in [2.45, 2.75) is 0 Å². The predicted octanol–water partition coefficient (Wildman–Crippen LogP) is 1.93. The molecule has 1 heterocycles. The summed E-state index contributed by atoms with van der Waals surface area (Å²) in [6.07, 6.45) is 2.70. The largest absolute Gasteiger partial charge is 0.454 e. The fraction of sp³-hybridized carbons (Fsp3) is 0.250. The maximum absolute atomic E-state index is 11.6. The Morgan fingerprint density at radius 3 is 2.70 bits per heavy atom. The molecular formula is C12H12N2O4S2. The molecule has 0 amide bonds. The van der Waals surface area contributed by atoms with Gasteiger partial charge in [0.25, 0.3) is 0 Å². The Morgan fingerprint density at radius 2 is 2.10 bits per heavy atom. The summed E-state index contributed by atoms with van der Waals surface area (Å²) in [5.74, 6) is 1.21. The number of hydrogen-bond acceptors (Lipinski definition) is 7. The van der Waals surface area contributed by atoms with Crippen LogP contribution in [0.1, 0.15) is 0 Å². The van der Waals surface area contributed by atoms with Gasteiger partial charge in [-0.15, -0.1) is 11.8 Å². The van der Waals surface area contributed by atoms with Gasteiger partial charge in [-0.05, 0) is 18.4 Å². The van der Waals surface area contributed by atoms with E-state index in [1.165, 1.54) is 0 Å². The van der Waals surface area contributed by atoms with Crippen LogP contribution < -0.4 is 14.8 Å². The molecule has 20 heavy (non-hydrogen) atoms. The van der Waals surface area contributed by atoms with Gasteiger partial charge in [-0.1, -0.05) is 0 Å². The smallest absolute Gasteiger partial charge is 0.231 e. The van der Waals surface area contributed by atoms with Crippen LogP contribution in [0.5, 0.6) is 11.5 Å². The normalized spacial score (nSPS) is 14.4. The predicted molar refractivity (Wildman–Crippen MR) is 77.2 cm³/mol. The zero-order valence-electron chi connectivity index (χ0n) is 10.8. The molecule has 0 saturated carbocycles. The molecule has 0 unspecified atom stereocenters. The Morgan fingerprint density at radius 1 is 1.40 bits per heavy atom. The molecule has 0 fully saturated rings. The molecule has 0 radical (unpaired) electrons. The Bertz CT molecular complexity index is 705. The van der Waals surface area contributed by atoms with E-state index in [0.717, 1.165) is 18.0 Å². The van der Waals surface area contributed by atoms with Gasteiger partial charge in [0.05, 0.1) is 0 Å². The van der Waals surface area contributed by atoms with E-state index in [4.69, 9.17) is 14.7 Å². The van der Waals surface area contributed by atoms with Gasteiger partial charge in [0.15, 0.2) is 26.2 Å². The van der Waals surface area contributed by atoms with Crippen molar-refractivity contribution in [3.05, 3.63) is 28.1 Å². The lowest BCUT2D eigenvalue weighted by Crippen LogP contribution is -2.07. The zero-order valence-corrected chi connectivity index (χ0v) is 12.5. The van der Waals surface area contributed by atoms with Gasteiger partial charge in [-0.2, -0.15) is 5.26 Å². The van der Waals surface area contributed by atoms with E-state index in [1.807, 2.05) is 0 Å². The summed E-state index contributed by atoms with van der Waals surface area (Å²) in [5.41, 5.74) is 0.620. The molecule has 0 aliphatic carbocycles. The molecule has 0 bridgehead atoms. The molecule has 6 nitrogen and oxygen atoms in total. The molecule has 1 aliphatic heterocycles. The fourth-order valence-electron chi connectivity index (χ4n) is 1.61. The van der Waals surface area contributed by atoms with Crippen LogP contribution in [0.25, 0.3) is 0 Å². The first-order valence-electron chi connectivity index (χ1n) is 5.51. The monoisotopic (exact) mass is 312 g/mol. The standard InChI is InChI=1S/C12H12N2O4S2/c1-19-12(11(6-13)20(2,15)16)14-8-3-4-9-10(5-8)18-7-17-9/h3-5,14H,7H2,1-2H3. The zero-order chi connectivity index (χ0) is 14.8. The highest BCUT2D eigenvalue weighted by Crippen LogP contribution is 2.35. The number of benzene rings is 1. The van der Waals surface area contributed by atoms with E-state index in [0.29, 0.717) is 17.2 Å². The van der Waals surface area contributed by atoms with Crippen LogP contribution in [0.3, 0.4) is 0 Å². The Labute approximate surface area is 121 Å². The van der Waals surface area contributed by atoms with Crippen LogP contribution in [0, 0.1) is 11.3 Å². The molecule has 1 N–H and O–H groups in total. The molecule has 0 spiro atoms. The SMILES string of the molecule is CSC(Nc1ccc2c(c1)OCO2)=C(C#N)S(C)(=O)=O. The molecule has 0 aromatic heterocycles. The summed E-state index contributed by atoms with van der Waals surface area (Å²) in [4.78, 5) is -0.289. The number of ether oxygens (including phenoxy) is 2. The third-order valence-electron chi connectivity index (χ3n) is 2.51. The number of fused-ring (bicyclic) bond motifs is 1. The molecule has 1 aromatic rings. The summed E-state index contributed by atoms with van der Waals surface area (Å²) in [6, 6.07) is 6.85. The van der Waals surface area contributed by atoms with E-state index in [2.05, 4.69) is 5.32 Å². The second kappa shape index (κ2) is 5.64. The Kier molecular flexibility index (Phi) is 4.11. The molecular weight excluding hydrogens is 300 g/mol. The third kappa shape index (κ3) is 3.00. The van der Waals surface area contributed by atoms with Gasteiger partial charge in [0.1, 0.15) is 11.1 Å². The minimum atomic E-state index is -3.58. The van der Waals surface area contributed by atoms with E-state index in [-0.39, 0.29) is 16.7 Å². The van der Waals surface area contributed by atoms with Gasteiger partial charge in [-0.25, -0.2) is 8.42 Å². The van der Waals surface area contributed by atoms with E-state index in [9.17, 15) is 8.42 Å². The van der Waals surface area contributed by atoms with Crippen LogP contribution in [0.2, 0.25) is 0 Å². The fourth-order valence-corrected chi connectivity index (χ4v) is 3.32. The number of allylic oxidation sites excluding steroid dienone is 1. The van der Waals surface area contributed by atoms with Gasteiger partial charge < -0.3 is 14.8 Å². The van der Waals surface area contributed by atoms with Crippen molar-refractivity contribution < 1.29 is 17.9 Å². The van der Waals surface area contributed by atoms with Crippen molar-refractivity contribution in [3.8, 4) is 17.6 Å². The van der Waals surface area contributed by atoms with Gasteiger partial charge in [0.2, 0.25) is 6.79 Å². The van der Waals surface area contributed by atoms with Crippen molar-refractivity contribution in [1.82, 2.24) is 0 Å². The van der Waals surface area contributed by atoms with Crippen LogP contribution in [0.4, 0.5) is 5.69 Å². The highest BCUT2D eigenvalue weighted by atomic mass is 32.2. The van der Waals surface area contributed by atoms with Crippen LogP contribution in [0.15, 0.2) is 28.1 Å². The van der Waals surface area contributed by atoms with Crippen molar-refractivity contribution >= 4 is 27.3 Å². The highest BCUT2D eigenvalue weighted by Gasteiger charge is 2.18. The second-order valence-electron chi connectivity index (χ2n) is 3.94. The molecule has 0 saturated heterocycles. The molecule has 8 heteroatoms. The van der Waals surface area contributed by atoms with Gasteiger partial charge in [0, 0.05) is 18.0 Å². The van der Waals surface area contributed by atoms with Crippen molar-refractivity contribution in [3.63, 3.8) is 0 Å².